The average molecular weight is 357 g/mol. The summed E-state index contributed by atoms with van der Waals surface area (Å²) in [5.41, 5.74) is 1.11. The van der Waals surface area contributed by atoms with Gasteiger partial charge in [0, 0.05) is 30.6 Å². The number of hydrogen-bond donors (Lipinski definition) is 0. The van der Waals surface area contributed by atoms with Crippen molar-refractivity contribution in [2.75, 3.05) is 13.2 Å². The van der Waals surface area contributed by atoms with Crippen LogP contribution in [0.2, 0.25) is 0 Å². The Balaban J connectivity index is 1.41. The van der Waals surface area contributed by atoms with Gasteiger partial charge in [-0.3, -0.25) is 4.79 Å². The second kappa shape index (κ2) is 7.14. The first-order valence-corrected chi connectivity index (χ1v) is 9.74. The van der Waals surface area contributed by atoms with Crippen molar-refractivity contribution >= 4 is 23.3 Å². The molecule has 25 heavy (non-hydrogen) atoms. The molecule has 1 aliphatic heterocycles. The SMILES string of the molecule is C[C@@H]1c2ncc(COCC3CC3)n2CCN1C(=O)/C=C/c1cccs1. The molecule has 0 bridgehead atoms. The Morgan fingerprint density at radius 3 is 3.08 bits per heavy atom. The maximum absolute atomic E-state index is 12.6. The molecule has 0 saturated heterocycles. The average Bonchev–Trinajstić information content (AvgIpc) is 3.11. The highest BCUT2D eigenvalue weighted by Crippen LogP contribution is 2.30. The Morgan fingerprint density at radius 1 is 1.44 bits per heavy atom. The van der Waals surface area contributed by atoms with E-state index in [1.165, 1.54) is 12.8 Å². The summed E-state index contributed by atoms with van der Waals surface area (Å²) < 4.78 is 8.02. The maximum Gasteiger partial charge on any atom is 0.247 e. The quantitative estimate of drug-likeness (QED) is 0.744. The topological polar surface area (TPSA) is 47.4 Å². The van der Waals surface area contributed by atoms with Gasteiger partial charge in [0.25, 0.3) is 0 Å². The molecule has 1 aliphatic carbocycles. The highest BCUT2D eigenvalue weighted by Gasteiger charge is 2.29. The number of rotatable bonds is 6. The van der Waals surface area contributed by atoms with Crippen LogP contribution >= 0.6 is 11.3 Å². The summed E-state index contributed by atoms with van der Waals surface area (Å²) >= 11 is 1.63. The fourth-order valence-electron chi connectivity index (χ4n) is 3.23. The van der Waals surface area contributed by atoms with Gasteiger partial charge in [-0.1, -0.05) is 6.07 Å². The Kier molecular flexibility index (Phi) is 4.72. The van der Waals surface area contributed by atoms with E-state index in [2.05, 4.69) is 9.55 Å². The van der Waals surface area contributed by atoms with Crippen LogP contribution in [0.1, 0.15) is 42.2 Å². The van der Waals surface area contributed by atoms with Crippen LogP contribution in [0.5, 0.6) is 0 Å². The predicted octanol–water partition coefficient (Wildman–Crippen LogP) is 3.49. The van der Waals surface area contributed by atoms with Gasteiger partial charge in [-0.25, -0.2) is 4.98 Å². The second-order valence-electron chi connectivity index (χ2n) is 6.77. The summed E-state index contributed by atoms with van der Waals surface area (Å²) in [5.74, 6) is 1.77. The molecule has 0 N–H and O–H groups in total. The van der Waals surface area contributed by atoms with Crippen molar-refractivity contribution in [3.05, 3.63) is 46.2 Å². The van der Waals surface area contributed by atoms with Gasteiger partial charge in [0.05, 0.1) is 24.5 Å². The largest absolute Gasteiger partial charge is 0.375 e. The number of carbonyl (C=O) groups excluding carboxylic acids is 1. The molecule has 2 aliphatic rings. The zero-order valence-electron chi connectivity index (χ0n) is 14.4. The summed E-state index contributed by atoms with van der Waals surface area (Å²) in [5, 5.41) is 2.01. The lowest BCUT2D eigenvalue weighted by Crippen LogP contribution is -2.40. The number of thiophene rings is 1. The molecule has 0 aromatic carbocycles. The first-order chi connectivity index (χ1) is 12.2. The third kappa shape index (κ3) is 3.70. The molecular weight excluding hydrogens is 334 g/mol. The summed E-state index contributed by atoms with van der Waals surface area (Å²) in [4.78, 5) is 20.1. The van der Waals surface area contributed by atoms with Gasteiger partial charge < -0.3 is 14.2 Å². The van der Waals surface area contributed by atoms with E-state index in [1.54, 1.807) is 17.4 Å². The number of aromatic nitrogens is 2. The molecule has 1 atom stereocenters. The number of amides is 1. The minimum Gasteiger partial charge on any atom is -0.375 e. The highest BCUT2D eigenvalue weighted by molar-refractivity contribution is 7.10. The van der Waals surface area contributed by atoms with E-state index in [-0.39, 0.29) is 11.9 Å². The number of imidazole rings is 1. The summed E-state index contributed by atoms with van der Waals surface area (Å²) in [6.45, 7) is 4.99. The monoisotopic (exact) mass is 357 g/mol. The van der Waals surface area contributed by atoms with Crippen LogP contribution in [0.25, 0.3) is 6.08 Å². The zero-order valence-corrected chi connectivity index (χ0v) is 15.2. The third-order valence-corrected chi connectivity index (χ3v) is 5.73. The zero-order chi connectivity index (χ0) is 17.2. The number of hydrogen-bond acceptors (Lipinski definition) is 4. The van der Waals surface area contributed by atoms with Gasteiger partial charge in [0.2, 0.25) is 5.91 Å². The molecule has 6 heteroatoms. The lowest BCUT2D eigenvalue weighted by Gasteiger charge is -2.33. The van der Waals surface area contributed by atoms with E-state index >= 15 is 0 Å². The van der Waals surface area contributed by atoms with Gasteiger partial charge >= 0.3 is 0 Å². The lowest BCUT2D eigenvalue weighted by molar-refractivity contribution is -0.129. The molecule has 1 amide bonds. The van der Waals surface area contributed by atoms with E-state index in [0.717, 1.165) is 35.5 Å². The van der Waals surface area contributed by atoms with Crippen molar-refractivity contribution in [2.24, 2.45) is 5.92 Å². The minimum absolute atomic E-state index is 0.0218. The molecule has 2 aromatic heterocycles. The van der Waals surface area contributed by atoms with Gasteiger partial charge in [0.1, 0.15) is 5.82 Å². The molecule has 0 unspecified atom stereocenters. The van der Waals surface area contributed by atoms with E-state index in [4.69, 9.17) is 4.74 Å². The molecule has 1 fully saturated rings. The molecule has 5 nitrogen and oxygen atoms in total. The molecular formula is C19H23N3O2S. The Bertz CT molecular complexity index is 762. The number of nitrogens with zero attached hydrogens (tertiary/aromatic N) is 3. The standard InChI is InChI=1S/C19H23N3O2S/c1-14-19-20-11-16(13-24-12-15-4-5-15)22(19)9-8-21(14)18(23)7-6-17-3-2-10-25-17/h2-3,6-7,10-11,14-15H,4-5,8-9,12-13H2,1H3/b7-6+/t14-/m1/s1. The van der Waals surface area contributed by atoms with Gasteiger partial charge in [-0.05, 0) is 43.2 Å². The predicted molar refractivity (Wildman–Crippen MR) is 98.1 cm³/mol. The summed E-state index contributed by atoms with van der Waals surface area (Å²) in [7, 11) is 0. The Morgan fingerprint density at radius 2 is 2.32 bits per heavy atom. The number of ether oxygens (including phenoxy) is 1. The van der Waals surface area contributed by atoms with Crippen molar-refractivity contribution in [1.82, 2.24) is 14.5 Å². The maximum atomic E-state index is 12.6. The van der Waals surface area contributed by atoms with Crippen LogP contribution < -0.4 is 0 Å². The highest BCUT2D eigenvalue weighted by atomic mass is 32.1. The lowest BCUT2D eigenvalue weighted by atomic mass is 10.2. The van der Waals surface area contributed by atoms with Crippen LogP contribution in [0.15, 0.2) is 29.8 Å². The van der Waals surface area contributed by atoms with Gasteiger partial charge in [-0.2, -0.15) is 0 Å². The van der Waals surface area contributed by atoms with E-state index in [1.807, 2.05) is 41.6 Å². The molecule has 3 heterocycles. The van der Waals surface area contributed by atoms with Crippen molar-refractivity contribution in [3.63, 3.8) is 0 Å². The van der Waals surface area contributed by atoms with Crippen molar-refractivity contribution in [2.45, 2.75) is 39.0 Å². The van der Waals surface area contributed by atoms with Crippen molar-refractivity contribution in [3.8, 4) is 0 Å². The first-order valence-electron chi connectivity index (χ1n) is 8.86. The minimum atomic E-state index is -0.0218. The van der Waals surface area contributed by atoms with Crippen LogP contribution in [-0.4, -0.2) is 33.5 Å². The van der Waals surface area contributed by atoms with Crippen LogP contribution in [0.3, 0.4) is 0 Å². The molecule has 0 radical (unpaired) electrons. The number of carbonyl (C=O) groups is 1. The van der Waals surface area contributed by atoms with E-state index < -0.39 is 0 Å². The molecule has 4 rings (SSSR count). The fourth-order valence-corrected chi connectivity index (χ4v) is 3.84. The first kappa shape index (κ1) is 16.5. The van der Waals surface area contributed by atoms with E-state index in [0.29, 0.717) is 13.2 Å². The summed E-state index contributed by atoms with van der Waals surface area (Å²) in [6.07, 6.45) is 8.06. The van der Waals surface area contributed by atoms with Gasteiger partial charge in [-0.15, -0.1) is 11.3 Å². The van der Waals surface area contributed by atoms with Gasteiger partial charge in [0.15, 0.2) is 0 Å². The summed E-state index contributed by atoms with van der Waals surface area (Å²) in [6, 6.07) is 3.97. The number of fused-ring (bicyclic) bond motifs is 1. The Hall–Kier alpha value is -1.92. The van der Waals surface area contributed by atoms with Crippen LogP contribution in [0, 0.1) is 5.92 Å². The van der Waals surface area contributed by atoms with Crippen molar-refractivity contribution < 1.29 is 9.53 Å². The molecule has 1 saturated carbocycles. The fraction of sp³-hybridized carbons (Fsp3) is 0.474. The molecule has 132 valence electrons. The van der Waals surface area contributed by atoms with Crippen LogP contribution in [-0.2, 0) is 22.7 Å². The third-order valence-electron chi connectivity index (χ3n) is 4.89. The molecule has 2 aromatic rings. The smallest absolute Gasteiger partial charge is 0.247 e. The van der Waals surface area contributed by atoms with Crippen LogP contribution in [0.4, 0.5) is 0 Å². The molecule has 0 spiro atoms. The second-order valence-corrected chi connectivity index (χ2v) is 7.75. The van der Waals surface area contributed by atoms with Crippen molar-refractivity contribution in [1.29, 1.82) is 0 Å². The Labute approximate surface area is 151 Å². The normalized spacial score (nSPS) is 20.2. The van der Waals surface area contributed by atoms with E-state index in [9.17, 15) is 4.79 Å².